The summed E-state index contributed by atoms with van der Waals surface area (Å²) < 4.78 is 32.3. The van der Waals surface area contributed by atoms with Gasteiger partial charge in [0.05, 0.1) is 6.42 Å². The number of hydrogen-bond donors (Lipinski definition) is 3. The lowest BCUT2D eigenvalue weighted by Gasteiger charge is -2.26. The first-order valence-corrected chi connectivity index (χ1v) is 6.30. The third-order valence-corrected chi connectivity index (χ3v) is 3.40. The molecule has 3 N–H and O–H groups in total. The molecule has 114 valence electrons. The summed E-state index contributed by atoms with van der Waals surface area (Å²) in [5, 5.41) is 28.2. The molecule has 1 atom stereocenters. The van der Waals surface area contributed by atoms with Crippen molar-refractivity contribution in [1.82, 2.24) is 0 Å². The summed E-state index contributed by atoms with van der Waals surface area (Å²) in [5.74, 6) is -4.76. The van der Waals surface area contributed by atoms with Gasteiger partial charge in [0.1, 0.15) is 28.9 Å². The van der Waals surface area contributed by atoms with Crippen molar-refractivity contribution in [3.8, 4) is 23.0 Å². The predicted octanol–water partition coefficient (Wildman–Crippen LogP) is 2.79. The van der Waals surface area contributed by atoms with Gasteiger partial charge < -0.3 is 20.1 Å². The molecule has 1 heterocycles. The number of aromatic hydroxyl groups is 3. The number of Topliss-reactive ketones (excluding diaryl/α,β-unsaturated/α-hetero) is 1. The highest BCUT2D eigenvalue weighted by atomic mass is 19.1. The number of phenols is 3. The number of benzene rings is 2. The maximum atomic E-state index is 13.4. The average Bonchev–Trinajstić information content (AvgIpc) is 2.42. The largest absolute Gasteiger partial charge is 0.508 e. The van der Waals surface area contributed by atoms with Crippen LogP contribution in [-0.2, 0) is 0 Å². The third-order valence-electron chi connectivity index (χ3n) is 3.40. The second kappa shape index (κ2) is 4.87. The van der Waals surface area contributed by atoms with E-state index < -0.39 is 35.0 Å². The fourth-order valence-electron chi connectivity index (χ4n) is 2.38. The fourth-order valence-corrected chi connectivity index (χ4v) is 2.38. The number of fused-ring (bicyclic) bond motifs is 1. The molecule has 1 aliphatic rings. The van der Waals surface area contributed by atoms with Crippen molar-refractivity contribution in [2.45, 2.75) is 12.5 Å². The van der Waals surface area contributed by atoms with Crippen LogP contribution in [0.5, 0.6) is 23.0 Å². The summed E-state index contributed by atoms with van der Waals surface area (Å²) in [4.78, 5) is 12.1. The van der Waals surface area contributed by atoms with Crippen LogP contribution < -0.4 is 4.74 Å². The van der Waals surface area contributed by atoms with Crippen molar-refractivity contribution in [3.63, 3.8) is 0 Å². The van der Waals surface area contributed by atoms with E-state index >= 15 is 0 Å². The zero-order chi connectivity index (χ0) is 16.0. The maximum absolute atomic E-state index is 13.4. The molecule has 0 saturated heterocycles. The molecule has 0 radical (unpaired) electrons. The van der Waals surface area contributed by atoms with E-state index in [9.17, 15) is 23.8 Å². The Morgan fingerprint density at radius 3 is 2.32 bits per heavy atom. The summed E-state index contributed by atoms with van der Waals surface area (Å²) in [6.07, 6.45) is -1.24. The molecule has 0 amide bonds. The molecule has 0 aromatic heterocycles. The van der Waals surface area contributed by atoms with Crippen molar-refractivity contribution >= 4 is 5.78 Å². The van der Waals surface area contributed by atoms with Gasteiger partial charge in [-0.05, 0) is 17.7 Å². The molecule has 3 rings (SSSR count). The van der Waals surface area contributed by atoms with Crippen LogP contribution in [0.1, 0.15) is 28.4 Å². The van der Waals surface area contributed by atoms with Gasteiger partial charge in [-0.1, -0.05) is 0 Å². The number of ketones is 1. The Morgan fingerprint density at radius 1 is 1.05 bits per heavy atom. The number of phenolic OH excluding ortho intramolecular Hbond substituents is 3. The minimum absolute atomic E-state index is 0.0228. The van der Waals surface area contributed by atoms with Crippen molar-refractivity contribution in [3.05, 3.63) is 47.0 Å². The monoisotopic (exact) mass is 308 g/mol. The molecule has 0 spiro atoms. The van der Waals surface area contributed by atoms with Gasteiger partial charge in [-0.25, -0.2) is 8.78 Å². The lowest BCUT2D eigenvalue weighted by Crippen LogP contribution is -2.20. The Morgan fingerprint density at radius 2 is 1.68 bits per heavy atom. The Balaban J connectivity index is 2.04. The van der Waals surface area contributed by atoms with Crippen LogP contribution in [0.3, 0.4) is 0 Å². The SMILES string of the molecule is O=C1CC(c2cc(F)c(O)c(F)c2)Oc2cc(O)cc(O)c21. The number of carbonyl (C=O) groups is 1. The Labute approximate surface area is 123 Å². The smallest absolute Gasteiger partial charge is 0.187 e. The lowest BCUT2D eigenvalue weighted by molar-refractivity contribution is 0.0844. The Hall–Kier alpha value is -2.83. The molecular formula is C15H10F2O5. The zero-order valence-corrected chi connectivity index (χ0v) is 11.0. The van der Waals surface area contributed by atoms with Gasteiger partial charge in [-0.15, -0.1) is 0 Å². The molecule has 1 unspecified atom stereocenters. The summed E-state index contributed by atoms with van der Waals surface area (Å²) in [5.41, 5.74) is -0.0663. The van der Waals surface area contributed by atoms with Crippen LogP contribution in [-0.4, -0.2) is 21.1 Å². The third kappa shape index (κ3) is 2.20. The van der Waals surface area contributed by atoms with E-state index in [0.29, 0.717) is 0 Å². The summed E-state index contributed by atoms with van der Waals surface area (Å²) >= 11 is 0. The molecule has 2 aromatic carbocycles. The van der Waals surface area contributed by atoms with Crippen LogP contribution in [0.25, 0.3) is 0 Å². The number of ether oxygens (including phenoxy) is 1. The molecule has 0 aliphatic carbocycles. The molecule has 7 heteroatoms. The normalized spacial score (nSPS) is 17.0. The van der Waals surface area contributed by atoms with E-state index in [0.717, 1.165) is 24.3 Å². The topological polar surface area (TPSA) is 87.0 Å². The van der Waals surface area contributed by atoms with E-state index in [4.69, 9.17) is 9.84 Å². The highest BCUT2D eigenvalue weighted by Crippen LogP contribution is 2.42. The molecule has 2 aromatic rings. The van der Waals surface area contributed by atoms with E-state index in [1.165, 1.54) is 0 Å². The summed E-state index contributed by atoms with van der Waals surface area (Å²) in [7, 11) is 0. The molecule has 22 heavy (non-hydrogen) atoms. The second-order valence-electron chi connectivity index (χ2n) is 4.90. The van der Waals surface area contributed by atoms with Gasteiger partial charge in [-0.2, -0.15) is 0 Å². The van der Waals surface area contributed by atoms with Gasteiger partial charge >= 0.3 is 0 Å². The summed E-state index contributed by atoms with van der Waals surface area (Å²) in [6, 6.07) is 3.86. The van der Waals surface area contributed by atoms with Gasteiger partial charge in [-0.3, -0.25) is 4.79 Å². The number of hydrogen-bond acceptors (Lipinski definition) is 5. The van der Waals surface area contributed by atoms with Gasteiger partial charge in [0.25, 0.3) is 0 Å². The Bertz CT molecular complexity index is 765. The maximum Gasteiger partial charge on any atom is 0.187 e. The first-order valence-electron chi connectivity index (χ1n) is 6.30. The van der Waals surface area contributed by atoms with Crippen LogP contribution in [0.4, 0.5) is 8.78 Å². The van der Waals surface area contributed by atoms with Crippen molar-refractivity contribution < 1.29 is 33.6 Å². The highest BCUT2D eigenvalue weighted by Gasteiger charge is 2.31. The minimum Gasteiger partial charge on any atom is -0.508 e. The minimum atomic E-state index is -1.17. The zero-order valence-electron chi connectivity index (χ0n) is 11.0. The van der Waals surface area contributed by atoms with Crippen LogP contribution in [0.2, 0.25) is 0 Å². The fraction of sp³-hybridized carbons (Fsp3) is 0.133. The van der Waals surface area contributed by atoms with Gasteiger partial charge in [0, 0.05) is 12.1 Å². The summed E-state index contributed by atoms with van der Waals surface area (Å²) in [6.45, 7) is 0. The number of carbonyl (C=O) groups excluding carboxylic acids is 1. The molecule has 0 fully saturated rings. The first-order chi connectivity index (χ1) is 10.4. The molecule has 1 aliphatic heterocycles. The van der Waals surface area contributed by atoms with Crippen LogP contribution >= 0.6 is 0 Å². The molecular weight excluding hydrogens is 298 g/mol. The van der Waals surface area contributed by atoms with E-state index in [1.54, 1.807) is 0 Å². The van der Waals surface area contributed by atoms with Crippen molar-refractivity contribution in [2.24, 2.45) is 0 Å². The van der Waals surface area contributed by atoms with Crippen molar-refractivity contribution in [1.29, 1.82) is 0 Å². The Kier molecular flexibility index (Phi) is 3.13. The van der Waals surface area contributed by atoms with Gasteiger partial charge in [0.2, 0.25) is 0 Å². The molecule has 5 nitrogen and oxygen atoms in total. The molecule has 0 bridgehead atoms. The van der Waals surface area contributed by atoms with E-state index in [-0.39, 0.29) is 29.0 Å². The average molecular weight is 308 g/mol. The molecule has 0 saturated carbocycles. The van der Waals surface area contributed by atoms with E-state index in [2.05, 4.69) is 0 Å². The van der Waals surface area contributed by atoms with Crippen LogP contribution in [0, 0.1) is 11.6 Å². The quantitative estimate of drug-likeness (QED) is 0.754. The number of halogens is 2. The van der Waals surface area contributed by atoms with Gasteiger partial charge in [0.15, 0.2) is 23.2 Å². The second-order valence-corrected chi connectivity index (χ2v) is 4.90. The standard InChI is InChI=1S/C15H10F2O5/c16-8-1-6(2-9(17)15(8)21)12-5-11(20)14-10(19)3-7(18)4-13(14)22-12/h1-4,12,18-19,21H,5H2. The predicted molar refractivity (Wildman–Crippen MR) is 70.1 cm³/mol. The first kappa shape index (κ1) is 14.1. The van der Waals surface area contributed by atoms with Crippen molar-refractivity contribution in [2.75, 3.05) is 0 Å². The van der Waals surface area contributed by atoms with E-state index in [1.807, 2.05) is 0 Å². The highest BCUT2D eigenvalue weighted by molar-refractivity contribution is 6.02. The number of rotatable bonds is 1. The lowest BCUT2D eigenvalue weighted by atomic mass is 9.95. The van der Waals surface area contributed by atoms with Crippen LogP contribution in [0.15, 0.2) is 24.3 Å².